The lowest BCUT2D eigenvalue weighted by molar-refractivity contribution is -0.120. The van der Waals surface area contributed by atoms with E-state index in [2.05, 4.69) is 38.2 Å². The Morgan fingerprint density at radius 3 is 2.27 bits per heavy atom. The van der Waals surface area contributed by atoms with Crippen LogP contribution in [0, 0.1) is 0 Å². The molecule has 0 aromatic heterocycles. The largest absolute Gasteiger partial charge is 0.378 e. The fourth-order valence-electron chi connectivity index (χ4n) is 4.03. The molecule has 0 saturated carbocycles. The van der Waals surface area contributed by atoms with Crippen LogP contribution in [0.15, 0.2) is 48.5 Å². The van der Waals surface area contributed by atoms with E-state index >= 15 is 0 Å². The van der Waals surface area contributed by atoms with Crippen molar-refractivity contribution in [2.75, 3.05) is 67.6 Å². The average Bonchev–Trinajstić information content (AvgIpc) is 2.80. The van der Waals surface area contributed by atoms with Gasteiger partial charge in [0.1, 0.15) is 0 Å². The molecule has 2 aromatic carbocycles. The van der Waals surface area contributed by atoms with Gasteiger partial charge in [-0.3, -0.25) is 9.69 Å². The predicted octanol–water partition coefficient (Wildman–Crippen LogP) is 3.33. The van der Waals surface area contributed by atoms with E-state index in [9.17, 15) is 4.79 Å². The number of amides is 1. The van der Waals surface area contributed by atoms with Crippen LogP contribution in [0.2, 0.25) is 5.02 Å². The number of morpholine rings is 1. The van der Waals surface area contributed by atoms with Gasteiger partial charge in [0.15, 0.2) is 0 Å². The maximum Gasteiger partial charge on any atom is 0.241 e. The zero-order chi connectivity index (χ0) is 20.9. The van der Waals surface area contributed by atoms with Gasteiger partial charge in [-0.05, 0) is 49.4 Å². The molecule has 2 fully saturated rings. The first-order valence-electron chi connectivity index (χ1n) is 10.6. The monoisotopic (exact) mass is 428 g/mol. The third-order valence-electron chi connectivity index (χ3n) is 5.93. The number of nitrogens with one attached hydrogen (secondary N) is 1. The van der Waals surface area contributed by atoms with Gasteiger partial charge in [-0.1, -0.05) is 17.7 Å². The normalized spacial score (nSPS) is 18.9. The van der Waals surface area contributed by atoms with Crippen LogP contribution in [-0.2, 0) is 9.53 Å². The molecule has 0 spiro atoms. The number of halogens is 1. The zero-order valence-corrected chi connectivity index (χ0v) is 18.1. The topological polar surface area (TPSA) is 48.1 Å². The second-order valence-electron chi connectivity index (χ2n) is 7.81. The molecule has 4 rings (SSSR count). The molecule has 2 saturated heterocycles. The summed E-state index contributed by atoms with van der Waals surface area (Å²) >= 11 is 6.12. The smallest absolute Gasteiger partial charge is 0.241 e. The van der Waals surface area contributed by atoms with Crippen LogP contribution < -0.4 is 15.1 Å². The average molecular weight is 429 g/mol. The van der Waals surface area contributed by atoms with E-state index in [0.29, 0.717) is 0 Å². The lowest BCUT2D eigenvalue weighted by atomic mass is 10.2. The van der Waals surface area contributed by atoms with Crippen molar-refractivity contribution < 1.29 is 9.53 Å². The highest BCUT2D eigenvalue weighted by atomic mass is 35.5. The number of benzene rings is 2. The highest BCUT2D eigenvalue weighted by Gasteiger charge is 2.26. The summed E-state index contributed by atoms with van der Waals surface area (Å²) in [5.41, 5.74) is 3.14. The molecule has 30 heavy (non-hydrogen) atoms. The third kappa shape index (κ3) is 5.06. The van der Waals surface area contributed by atoms with Gasteiger partial charge >= 0.3 is 0 Å². The van der Waals surface area contributed by atoms with Gasteiger partial charge in [0.05, 0.1) is 19.3 Å². The third-order valence-corrected chi connectivity index (χ3v) is 6.16. The molecule has 1 atom stereocenters. The Labute approximate surface area is 183 Å². The first-order chi connectivity index (χ1) is 14.6. The summed E-state index contributed by atoms with van der Waals surface area (Å²) in [4.78, 5) is 19.6. The number of nitrogens with zero attached hydrogens (tertiary/aromatic N) is 3. The summed E-state index contributed by atoms with van der Waals surface area (Å²) in [5, 5.41) is 3.82. The molecule has 0 aliphatic carbocycles. The first kappa shape index (κ1) is 21.0. The minimum Gasteiger partial charge on any atom is -0.378 e. The maximum absolute atomic E-state index is 12.8. The van der Waals surface area contributed by atoms with Gasteiger partial charge in [-0.2, -0.15) is 0 Å². The fraction of sp³-hybridized carbons (Fsp3) is 0.435. The van der Waals surface area contributed by atoms with Crippen molar-refractivity contribution in [2.45, 2.75) is 13.0 Å². The van der Waals surface area contributed by atoms with E-state index in [1.54, 1.807) is 0 Å². The molecule has 0 bridgehead atoms. The summed E-state index contributed by atoms with van der Waals surface area (Å²) in [7, 11) is 0. The van der Waals surface area contributed by atoms with Gasteiger partial charge in [-0.15, -0.1) is 0 Å². The molecule has 7 heteroatoms. The van der Waals surface area contributed by atoms with Crippen molar-refractivity contribution in [2.24, 2.45) is 0 Å². The second kappa shape index (κ2) is 9.69. The summed E-state index contributed by atoms with van der Waals surface area (Å²) in [5.74, 6) is 0.0327. The van der Waals surface area contributed by atoms with E-state index in [0.717, 1.165) is 68.9 Å². The maximum atomic E-state index is 12.8. The molecule has 2 aliphatic rings. The molecule has 1 N–H and O–H groups in total. The Bertz CT molecular complexity index is 847. The highest BCUT2D eigenvalue weighted by molar-refractivity contribution is 6.30. The quantitative estimate of drug-likeness (QED) is 0.791. The van der Waals surface area contributed by atoms with E-state index in [1.165, 1.54) is 5.69 Å². The molecular weight excluding hydrogens is 400 g/mol. The number of anilines is 3. The van der Waals surface area contributed by atoms with Gasteiger partial charge in [-0.25, -0.2) is 0 Å². The number of rotatable bonds is 5. The highest BCUT2D eigenvalue weighted by Crippen LogP contribution is 2.22. The van der Waals surface area contributed by atoms with Crippen molar-refractivity contribution >= 4 is 34.6 Å². The van der Waals surface area contributed by atoms with Crippen molar-refractivity contribution in [1.82, 2.24) is 4.90 Å². The molecule has 2 aliphatic heterocycles. The lowest BCUT2D eigenvalue weighted by Gasteiger charge is -2.38. The lowest BCUT2D eigenvalue weighted by Crippen LogP contribution is -2.52. The van der Waals surface area contributed by atoms with Crippen molar-refractivity contribution in [3.8, 4) is 0 Å². The molecule has 0 radical (unpaired) electrons. The molecule has 1 amide bonds. The van der Waals surface area contributed by atoms with E-state index in [-0.39, 0.29) is 11.9 Å². The SMILES string of the molecule is CC(C(=O)Nc1ccc(N2CCOCC2)cc1)N1CCN(c2cccc(Cl)c2)CC1. The summed E-state index contributed by atoms with van der Waals surface area (Å²) in [6.07, 6.45) is 0. The van der Waals surface area contributed by atoms with Crippen LogP contribution in [0.4, 0.5) is 17.1 Å². The number of carbonyl (C=O) groups excluding carboxylic acids is 1. The van der Waals surface area contributed by atoms with Gasteiger partial charge in [0, 0.05) is 61.4 Å². The van der Waals surface area contributed by atoms with E-state index < -0.39 is 0 Å². The first-order valence-corrected chi connectivity index (χ1v) is 11.0. The minimum absolute atomic E-state index is 0.0327. The standard InChI is InChI=1S/C23H29ClN4O2/c1-18(26-9-11-27(12-10-26)22-4-2-3-19(24)17-22)23(29)25-20-5-7-21(8-6-20)28-13-15-30-16-14-28/h2-8,17-18H,9-16H2,1H3,(H,25,29). The molecule has 1 unspecified atom stereocenters. The number of hydrogen-bond acceptors (Lipinski definition) is 5. The van der Waals surface area contributed by atoms with Gasteiger partial charge in [0.25, 0.3) is 0 Å². The van der Waals surface area contributed by atoms with Gasteiger partial charge < -0.3 is 19.9 Å². The molecule has 2 aromatic rings. The van der Waals surface area contributed by atoms with Crippen LogP contribution in [-0.4, -0.2) is 69.3 Å². The Morgan fingerprint density at radius 1 is 0.933 bits per heavy atom. The molecule has 2 heterocycles. The van der Waals surface area contributed by atoms with Crippen LogP contribution in [0.5, 0.6) is 0 Å². The number of piperazine rings is 1. The van der Waals surface area contributed by atoms with Crippen molar-refractivity contribution in [1.29, 1.82) is 0 Å². The summed E-state index contributed by atoms with van der Waals surface area (Å²) < 4.78 is 5.41. The van der Waals surface area contributed by atoms with Crippen molar-refractivity contribution in [3.63, 3.8) is 0 Å². The van der Waals surface area contributed by atoms with Crippen LogP contribution in [0.1, 0.15) is 6.92 Å². The van der Waals surface area contributed by atoms with Crippen molar-refractivity contribution in [3.05, 3.63) is 53.6 Å². The van der Waals surface area contributed by atoms with E-state index in [4.69, 9.17) is 16.3 Å². The molecular formula is C23H29ClN4O2. The Hall–Kier alpha value is -2.28. The summed E-state index contributed by atoms with van der Waals surface area (Å²) in [6.45, 7) is 8.77. The number of hydrogen-bond donors (Lipinski definition) is 1. The van der Waals surface area contributed by atoms with Crippen LogP contribution in [0.25, 0.3) is 0 Å². The predicted molar refractivity (Wildman–Crippen MR) is 123 cm³/mol. The van der Waals surface area contributed by atoms with Crippen LogP contribution in [0.3, 0.4) is 0 Å². The Kier molecular flexibility index (Phi) is 6.77. The fourth-order valence-corrected chi connectivity index (χ4v) is 4.21. The van der Waals surface area contributed by atoms with Gasteiger partial charge in [0.2, 0.25) is 5.91 Å². The second-order valence-corrected chi connectivity index (χ2v) is 8.25. The molecule has 160 valence electrons. The molecule has 6 nitrogen and oxygen atoms in total. The zero-order valence-electron chi connectivity index (χ0n) is 17.4. The summed E-state index contributed by atoms with van der Waals surface area (Å²) in [6, 6.07) is 15.9. The number of ether oxygens (including phenoxy) is 1. The van der Waals surface area contributed by atoms with Crippen LogP contribution >= 0.6 is 11.6 Å². The Morgan fingerprint density at radius 2 is 1.60 bits per heavy atom. The Balaban J connectivity index is 1.28. The number of carbonyl (C=O) groups is 1. The van der Waals surface area contributed by atoms with E-state index in [1.807, 2.05) is 37.3 Å². The minimum atomic E-state index is -0.176.